The van der Waals surface area contributed by atoms with Gasteiger partial charge in [0.15, 0.2) is 0 Å². The Hall–Kier alpha value is -1.00. The molecule has 1 aromatic heterocycles. The summed E-state index contributed by atoms with van der Waals surface area (Å²) in [7, 11) is 0. The molecule has 0 saturated carbocycles. The average Bonchev–Trinajstić information content (AvgIpc) is 1.90. The van der Waals surface area contributed by atoms with E-state index in [4.69, 9.17) is 11.5 Å². The lowest BCUT2D eigenvalue weighted by molar-refractivity contribution is 0.761. The number of nitrogens with zero attached hydrogens (tertiary/aromatic N) is 2. The van der Waals surface area contributed by atoms with Crippen LogP contribution in [-0.2, 0) is 0 Å². The highest BCUT2D eigenvalue weighted by Crippen LogP contribution is 1.97. The Morgan fingerprint density at radius 1 is 1.22 bits per heavy atom. The van der Waals surface area contributed by atoms with Crippen LogP contribution in [0.15, 0.2) is 18.7 Å². The van der Waals surface area contributed by atoms with Crippen LogP contribution in [0.1, 0.15) is 11.7 Å². The molecule has 48 valence electrons. The van der Waals surface area contributed by atoms with Crippen LogP contribution in [0.25, 0.3) is 0 Å². The smallest absolute Gasteiger partial charge is 0.115 e. The van der Waals surface area contributed by atoms with Gasteiger partial charge in [0.2, 0.25) is 0 Å². The number of nitrogens with two attached hydrogens (primary N) is 2. The van der Waals surface area contributed by atoms with Gasteiger partial charge in [-0.1, -0.05) is 0 Å². The SMILES string of the molecule is NC(N)c1cncnc1. The van der Waals surface area contributed by atoms with Crippen LogP contribution < -0.4 is 11.5 Å². The number of rotatable bonds is 1. The highest BCUT2D eigenvalue weighted by Gasteiger charge is 1.95. The molecule has 0 aliphatic rings. The van der Waals surface area contributed by atoms with Gasteiger partial charge in [-0.25, -0.2) is 9.97 Å². The van der Waals surface area contributed by atoms with Gasteiger partial charge in [-0.3, -0.25) is 0 Å². The molecule has 4 heteroatoms. The quantitative estimate of drug-likeness (QED) is 0.490. The fraction of sp³-hybridized carbons (Fsp3) is 0.200. The van der Waals surface area contributed by atoms with Gasteiger partial charge in [-0.15, -0.1) is 0 Å². The van der Waals surface area contributed by atoms with E-state index in [9.17, 15) is 0 Å². The summed E-state index contributed by atoms with van der Waals surface area (Å²) in [5.41, 5.74) is 11.4. The molecule has 0 saturated heterocycles. The standard InChI is InChI=1S/C5H8N4/c6-5(7)4-1-8-3-9-2-4/h1-3,5H,6-7H2. The maximum absolute atomic E-state index is 5.31. The van der Waals surface area contributed by atoms with Crippen LogP contribution in [0.3, 0.4) is 0 Å². The number of hydrogen-bond donors (Lipinski definition) is 2. The molecule has 0 unspecified atom stereocenters. The maximum atomic E-state index is 5.31. The van der Waals surface area contributed by atoms with Gasteiger partial charge in [-0.2, -0.15) is 0 Å². The van der Waals surface area contributed by atoms with Gasteiger partial charge >= 0.3 is 0 Å². The molecule has 1 heterocycles. The Morgan fingerprint density at radius 3 is 2.11 bits per heavy atom. The lowest BCUT2D eigenvalue weighted by atomic mass is 10.3. The van der Waals surface area contributed by atoms with Crippen molar-refractivity contribution in [2.75, 3.05) is 0 Å². The molecule has 4 N–H and O–H groups in total. The average molecular weight is 124 g/mol. The zero-order chi connectivity index (χ0) is 6.69. The summed E-state index contributed by atoms with van der Waals surface area (Å²) in [5.74, 6) is 0. The minimum absolute atomic E-state index is 0.466. The first kappa shape index (κ1) is 6.12. The summed E-state index contributed by atoms with van der Waals surface area (Å²) in [6.45, 7) is 0. The van der Waals surface area contributed by atoms with E-state index in [0.717, 1.165) is 5.56 Å². The zero-order valence-electron chi connectivity index (χ0n) is 4.86. The van der Waals surface area contributed by atoms with E-state index in [2.05, 4.69) is 9.97 Å². The summed E-state index contributed by atoms with van der Waals surface area (Å²) in [4.78, 5) is 7.47. The summed E-state index contributed by atoms with van der Waals surface area (Å²) in [5, 5.41) is 0. The second-order valence-electron chi connectivity index (χ2n) is 1.70. The van der Waals surface area contributed by atoms with Crippen molar-refractivity contribution in [1.29, 1.82) is 0 Å². The highest BCUT2D eigenvalue weighted by molar-refractivity contribution is 5.05. The first-order valence-corrected chi connectivity index (χ1v) is 2.57. The van der Waals surface area contributed by atoms with Crippen LogP contribution >= 0.6 is 0 Å². The topological polar surface area (TPSA) is 77.8 Å². The molecular formula is C5H8N4. The second kappa shape index (κ2) is 2.52. The molecular weight excluding hydrogens is 116 g/mol. The lowest BCUT2D eigenvalue weighted by Gasteiger charge is -2.00. The molecule has 1 aromatic rings. The minimum atomic E-state index is -0.466. The largest absolute Gasteiger partial charge is 0.312 e. The number of aromatic nitrogens is 2. The Bertz CT molecular complexity index is 172. The summed E-state index contributed by atoms with van der Waals surface area (Å²) < 4.78 is 0. The van der Waals surface area contributed by atoms with Crippen LogP contribution in [0.2, 0.25) is 0 Å². The Balaban J connectivity index is 2.85. The van der Waals surface area contributed by atoms with Gasteiger partial charge in [-0.05, 0) is 0 Å². The van der Waals surface area contributed by atoms with Crippen molar-refractivity contribution in [3.05, 3.63) is 24.3 Å². The third-order valence-corrected chi connectivity index (χ3v) is 0.965. The van der Waals surface area contributed by atoms with Crippen molar-refractivity contribution >= 4 is 0 Å². The van der Waals surface area contributed by atoms with E-state index in [1.54, 1.807) is 12.4 Å². The van der Waals surface area contributed by atoms with Crippen molar-refractivity contribution in [3.63, 3.8) is 0 Å². The normalized spacial score (nSPS) is 10.1. The molecule has 9 heavy (non-hydrogen) atoms. The molecule has 4 nitrogen and oxygen atoms in total. The molecule has 0 bridgehead atoms. The first-order chi connectivity index (χ1) is 4.30. The van der Waals surface area contributed by atoms with Gasteiger partial charge in [0.1, 0.15) is 6.33 Å². The fourth-order valence-electron chi connectivity index (χ4n) is 0.483. The molecule has 0 amide bonds. The predicted octanol–water partition coefficient (Wildman–Crippen LogP) is -0.607. The van der Waals surface area contributed by atoms with E-state index in [-0.39, 0.29) is 0 Å². The third-order valence-electron chi connectivity index (χ3n) is 0.965. The van der Waals surface area contributed by atoms with Crippen LogP contribution in [0.4, 0.5) is 0 Å². The molecule has 0 fully saturated rings. The minimum Gasteiger partial charge on any atom is -0.312 e. The second-order valence-corrected chi connectivity index (χ2v) is 1.70. The third kappa shape index (κ3) is 1.45. The fourth-order valence-corrected chi connectivity index (χ4v) is 0.483. The summed E-state index contributed by atoms with van der Waals surface area (Å²) in [6, 6.07) is 0. The van der Waals surface area contributed by atoms with E-state index in [1.807, 2.05) is 0 Å². The zero-order valence-corrected chi connectivity index (χ0v) is 4.86. The van der Waals surface area contributed by atoms with Crippen LogP contribution in [0, 0.1) is 0 Å². The van der Waals surface area contributed by atoms with Crippen molar-refractivity contribution in [1.82, 2.24) is 9.97 Å². The van der Waals surface area contributed by atoms with Crippen molar-refractivity contribution in [2.24, 2.45) is 11.5 Å². The van der Waals surface area contributed by atoms with E-state index < -0.39 is 6.17 Å². The first-order valence-electron chi connectivity index (χ1n) is 2.57. The summed E-state index contributed by atoms with van der Waals surface area (Å²) in [6.07, 6.45) is 4.16. The van der Waals surface area contributed by atoms with E-state index >= 15 is 0 Å². The molecule has 0 spiro atoms. The van der Waals surface area contributed by atoms with Crippen molar-refractivity contribution in [2.45, 2.75) is 6.17 Å². The molecule has 0 aliphatic carbocycles. The number of hydrogen-bond acceptors (Lipinski definition) is 4. The lowest BCUT2D eigenvalue weighted by Crippen LogP contribution is -2.20. The van der Waals surface area contributed by atoms with Crippen molar-refractivity contribution < 1.29 is 0 Å². The predicted molar refractivity (Wildman–Crippen MR) is 33.1 cm³/mol. The Morgan fingerprint density at radius 2 is 1.78 bits per heavy atom. The summed E-state index contributed by atoms with van der Waals surface area (Å²) >= 11 is 0. The Kier molecular flexibility index (Phi) is 1.72. The van der Waals surface area contributed by atoms with Gasteiger partial charge in [0, 0.05) is 18.0 Å². The molecule has 1 rings (SSSR count). The molecule has 0 aromatic carbocycles. The molecule has 0 atom stereocenters. The molecule has 0 radical (unpaired) electrons. The maximum Gasteiger partial charge on any atom is 0.115 e. The van der Waals surface area contributed by atoms with Gasteiger partial charge < -0.3 is 11.5 Å². The Labute approximate surface area is 52.9 Å². The van der Waals surface area contributed by atoms with E-state index in [0.29, 0.717) is 0 Å². The van der Waals surface area contributed by atoms with Crippen LogP contribution in [-0.4, -0.2) is 9.97 Å². The van der Waals surface area contributed by atoms with Crippen LogP contribution in [0.5, 0.6) is 0 Å². The van der Waals surface area contributed by atoms with E-state index in [1.165, 1.54) is 6.33 Å². The molecule has 0 aliphatic heterocycles. The van der Waals surface area contributed by atoms with Gasteiger partial charge in [0.25, 0.3) is 0 Å². The highest BCUT2D eigenvalue weighted by atomic mass is 14.9. The monoisotopic (exact) mass is 124 g/mol. The van der Waals surface area contributed by atoms with Crippen molar-refractivity contribution in [3.8, 4) is 0 Å². The van der Waals surface area contributed by atoms with Gasteiger partial charge in [0.05, 0.1) is 6.17 Å².